The predicted molar refractivity (Wildman–Crippen MR) is 83.8 cm³/mol. The largest absolute Gasteiger partial charge is 0.398 e. The lowest BCUT2D eigenvalue weighted by atomic mass is 10.1. The molecule has 2 aromatic rings. The van der Waals surface area contributed by atoms with Crippen LogP contribution in [0.3, 0.4) is 0 Å². The van der Waals surface area contributed by atoms with Crippen molar-refractivity contribution in [1.82, 2.24) is 0 Å². The minimum absolute atomic E-state index is 0.614. The summed E-state index contributed by atoms with van der Waals surface area (Å²) in [5.74, 6) is 0. The van der Waals surface area contributed by atoms with Crippen molar-refractivity contribution in [3.05, 3.63) is 58.6 Å². The van der Waals surface area contributed by atoms with Crippen LogP contribution in [0.1, 0.15) is 18.1 Å². The molecule has 2 aromatic carbocycles. The van der Waals surface area contributed by atoms with Crippen LogP contribution >= 0.6 is 11.6 Å². The van der Waals surface area contributed by atoms with E-state index < -0.39 is 0 Å². The van der Waals surface area contributed by atoms with Crippen molar-refractivity contribution in [3.8, 4) is 0 Å². The van der Waals surface area contributed by atoms with Gasteiger partial charge in [0.2, 0.25) is 0 Å². The number of hydrogen-bond acceptors (Lipinski definition) is 2. The van der Waals surface area contributed by atoms with Crippen LogP contribution in [0.15, 0.2) is 42.5 Å². The average molecular weight is 275 g/mol. The second kappa shape index (κ2) is 5.98. The minimum atomic E-state index is 0.614. The number of hydrogen-bond donors (Lipinski definition) is 1. The van der Waals surface area contributed by atoms with Gasteiger partial charge < -0.3 is 10.6 Å². The van der Waals surface area contributed by atoms with Crippen LogP contribution < -0.4 is 10.6 Å². The number of benzene rings is 2. The molecule has 0 aliphatic heterocycles. The lowest BCUT2D eigenvalue weighted by Crippen LogP contribution is -2.22. The van der Waals surface area contributed by atoms with Crippen molar-refractivity contribution in [2.45, 2.75) is 20.4 Å². The molecule has 0 unspecified atom stereocenters. The molecule has 0 radical (unpaired) electrons. The Hall–Kier alpha value is -1.67. The second-order valence-corrected chi connectivity index (χ2v) is 5.06. The number of anilines is 2. The molecule has 0 heterocycles. The van der Waals surface area contributed by atoms with E-state index >= 15 is 0 Å². The maximum atomic E-state index is 5.95. The summed E-state index contributed by atoms with van der Waals surface area (Å²) in [7, 11) is 0. The van der Waals surface area contributed by atoms with Crippen molar-refractivity contribution in [2.75, 3.05) is 17.2 Å². The van der Waals surface area contributed by atoms with E-state index in [4.69, 9.17) is 17.3 Å². The molecule has 0 atom stereocenters. The van der Waals surface area contributed by atoms with Crippen LogP contribution in [-0.2, 0) is 6.54 Å². The highest BCUT2D eigenvalue weighted by Crippen LogP contribution is 2.24. The highest BCUT2D eigenvalue weighted by Gasteiger charge is 2.08. The van der Waals surface area contributed by atoms with E-state index in [1.54, 1.807) is 0 Å². The number of nitrogens with two attached hydrogens (primary N) is 1. The van der Waals surface area contributed by atoms with Crippen molar-refractivity contribution in [2.24, 2.45) is 0 Å². The Labute approximate surface area is 119 Å². The predicted octanol–water partition coefficient (Wildman–Crippen LogP) is 4.26. The van der Waals surface area contributed by atoms with Crippen molar-refractivity contribution in [1.29, 1.82) is 0 Å². The summed E-state index contributed by atoms with van der Waals surface area (Å²) in [6.07, 6.45) is 0. The second-order valence-electron chi connectivity index (χ2n) is 4.66. The van der Waals surface area contributed by atoms with Crippen LogP contribution in [0, 0.1) is 6.92 Å². The molecule has 0 saturated heterocycles. The van der Waals surface area contributed by atoms with Gasteiger partial charge in [-0.15, -0.1) is 0 Å². The molecule has 0 amide bonds. The summed E-state index contributed by atoms with van der Waals surface area (Å²) < 4.78 is 0. The van der Waals surface area contributed by atoms with Gasteiger partial charge in [0.1, 0.15) is 0 Å². The van der Waals surface area contributed by atoms with Gasteiger partial charge in [0.05, 0.1) is 10.7 Å². The quantitative estimate of drug-likeness (QED) is 0.844. The van der Waals surface area contributed by atoms with E-state index in [2.05, 4.69) is 43.0 Å². The molecule has 2 N–H and O–H groups in total. The Balaban J connectivity index is 2.24. The summed E-state index contributed by atoms with van der Waals surface area (Å²) in [5.41, 5.74) is 10.2. The number of rotatable bonds is 4. The molecule has 100 valence electrons. The zero-order chi connectivity index (χ0) is 13.8. The Morgan fingerprint density at radius 1 is 1.16 bits per heavy atom. The standard InChI is InChI=1S/C16H19ClN2/c1-3-19(16-7-5-4-6-12(16)2)11-13-8-9-14(17)15(18)10-13/h4-10H,3,11,18H2,1-2H3. The van der Waals surface area contributed by atoms with Gasteiger partial charge in [-0.05, 0) is 43.2 Å². The third kappa shape index (κ3) is 3.21. The monoisotopic (exact) mass is 274 g/mol. The lowest BCUT2D eigenvalue weighted by molar-refractivity contribution is 0.828. The van der Waals surface area contributed by atoms with Crippen LogP contribution in [0.5, 0.6) is 0 Å². The molecular formula is C16H19ClN2. The summed E-state index contributed by atoms with van der Waals surface area (Å²) in [4.78, 5) is 2.33. The number of aryl methyl sites for hydroxylation is 1. The van der Waals surface area contributed by atoms with Gasteiger partial charge in [0, 0.05) is 18.8 Å². The first-order valence-electron chi connectivity index (χ1n) is 6.46. The zero-order valence-corrected chi connectivity index (χ0v) is 12.1. The van der Waals surface area contributed by atoms with Gasteiger partial charge >= 0.3 is 0 Å². The molecule has 3 heteroatoms. The molecule has 0 aromatic heterocycles. The Morgan fingerprint density at radius 3 is 2.53 bits per heavy atom. The van der Waals surface area contributed by atoms with Gasteiger partial charge in [-0.25, -0.2) is 0 Å². The van der Waals surface area contributed by atoms with Crippen LogP contribution in [-0.4, -0.2) is 6.54 Å². The fraction of sp³-hybridized carbons (Fsp3) is 0.250. The van der Waals surface area contributed by atoms with Gasteiger partial charge in [-0.3, -0.25) is 0 Å². The minimum Gasteiger partial charge on any atom is -0.398 e. The molecule has 0 aliphatic carbocycles. The fourth-order valence-electron chi connectivity index (χ4n) is 2.20. The van der Waals surface area contributed by atoms with Crippen LogP contribution in [0.25, 0.3) is 0 Å². The molecule has 2 rings (SSSR count). The molecule has 19 heavy (non-hydrogen) atoms. The Kier molecular flexibility index (Phi) is 4.33. The average Bonchev–Trinajstić information content (AvgIpc) is 2.41. The Bertz CT molecular complexity index is 566. The van der Waals surface area contributed by atoms with Crippen molar-refractivity contribution >= 4 is 23.0 Å². The van der Waals surface area contributed by atoms with Crippen LogP contribution in [0.2, 0.25) is 5.02 Å². The summed E-state index contributed by atoms with van der Waals surface area (Å²) >= 11 is 5.95. The Morgan fingerprint density at radius 2 is 1.89 bits per heavy atom. The summed E-state index contributed by atoms with van der Waals surface area (Å²) in [5, 5.41) is 0.614. The molecule has 0 bridgehead atoms. The van der Waals surface area contributed by atoms with Gasteiger partial charge in [-0.2, -0.15) is 0 Å². The maximum Gasteiger partial charge on any atom is 0.0635 e. The van der Waals surface area contributed by atoms with Gasteiger partial charge in [0.25, 0.3) is 0 Å². The van der Waals surface area contributed by atoms with Crippen molar-refractivity contribution < 1.29 is 0 Å². The lowest BCUT2D eigenvalue weighted by Gasteiger charge is -2.25. The summed E-state index contributed by atoms with van der Waals surface area (Å²) in [6.45, 7) is 6.08. The van der Waals surface area contributed by atoms with E-state index in [-0.39, 0.29) is 0 Å². The number of halogens is 1. The zero-order valence-electron chi connectivity index (χ0n) is 11.4. The molecule has 0 aliphatic rings. The van der Waals surface area contributed by atoms with Gasteiger partial charge in [-0.1, -0.05) is 35.9 Å². The topological polar surface area (TPSA) is 29.3 Å². The highest BCUT2D eigenvalue weighted by atomic mass is 35.5. The van der Waals surface area contributed by atoms with E-state index in [1.165, 1.54) is 16.8 Å². The smallest absolute Gasteiger partial charge is 0.0635 e. The fourth-order valence-corrected chi connectivity index (χ4v) is 2.32. The van der Waals surface area contributed by atoms with E-state index in [1.807, 2.05) is 18.2 Å². The van der Waals surface area contributed by atoms with E-state index in [9.17, 15) is 0 Å². The first-order chi connectivity index (χ1) is 9.11. The normalized spacial score (nSPS) is 10.5. The van der Waals surface area contributed by atoms with Gasteiger partial charge in [0.15, 0.2) is 0 Å². The summed E-state index contributed by atoms with van der Waals surface area (Å²) in [6, 6.07) is 14.3. The number of nitrogens with zero attached hydrogens (tertiary/aromatic N) is 1. The van der Waals surface area contributed by atoms with E-state index in [0.717, 1.165) is 13.1 Å². The van der Waals surface area contributed by atoms with E-state index in [0.29, 0.717) is 10.7 Å². The highest BCUT2D eigenvalue weighted by molar-refractivity contribution is 6.33. The first-order valence-corrected chi connectivity index (χ1v) is 6.84. The van der Waals surface area contributed by atoms with Crippen LogP contribution in [0.4, 0.5) is 11.4 Å². The maximum absolute atomic E-state index is 5.95. The van der Waals surface area contributed by atoms with Crippen molar-refractivity contribution in [3.63, 3.8) is 0 Å². The SMILES string of the molecule is CCN(Cc1ccc(Cl)c(N)c1)c1ccccc1C. The third-order valence-electron chi connectivity index (χ3n) is 3.27. The molecule has 0 saturated carbocycles. The number of para-hydroxylation sites is 1. The molecular weight excluding hydrogens is 256 g/mol. The molecule has 0 fully saturated rings. The molecule has 0 spiro atoms. The third-order valence-corrected chi connectivity index (χ3v) is 3.62. The first kappa shape index (κ1) is 13.8. The number of nitrogen functional groups attached to an aromatic ring is 1. The molecule has 2 nitrogen and oxygen atoms in total.